The number of methoxy groups -OCH3 is 1. The number of imide groups is 1. The molecule has 1 heterocycles. The number of rotatable bonds is 4. The van der Waals surface area contributed by atoms with Crippen LogP contribution in [0.5, 0.6) is 11.5 Å². The highest BCUT2D eigenvalue weighted by atomic mass is 35.5. The number of amides is 2. The van der Waals surface area contributed by atoms with E-state index in [1.54, 1.807) is 13.0 Å². The third-order valence-electron chi connectivity index (χ3n) is 8.48. The molecular weight excluding hydrogens is 552 g/mol. The number of benzene rings is 2. The van der Waals surface area contributed by atoms with Crippen molar-refractivity contribution in [1.29, 1.82) is 0 Å². The molecule has 0 radical (unpaired) electrons. The fourth-order valence-corrected chi connectivity index (χ4v) is 6.87. The molecule has 0 bridgehead atoms. The second-order valence-electron chi connectivity index (χ2n) is 10.6. The number of nitro benzene ring substituents is 1. The van der Waals surface area contributed by atoms with Crippen molar-refractivity contribution in [2.24, 2.45) is 17.8 Å². The van der Waals surface area contributed by atoms with E-state index in [0.29, 0.717) is 11.1 Å². The van der Waals surface area contributed by atoms with E-state index in [9.17, 15) is 34.4 Å². The molecule has 0 aromatic heterocycles. The first-order valence-electron chi connectivity index (χ1n) is 12.9. The Hall–Kier alpha value is -4.57. The van der Waals surface area contributed by atoms with Crippen LogP contribution >= 0.6 is 11.6 Å². The van der Waals surface area contributed by atoms with E-state index in [0.717, 1.165) is 10.5 Å². The third kappa shape index (κ3) is 3.93. The van der Waals surface area contributed by atoms with E-state index in [-0.39, 0.29) is 63.5 Å². The van der Waals surface area contributed by atoms with Gasteiger partial charge in [-0.1, -0.05) is 23.3 Å². The molecule has 208 valence electrons. The molecule has 6 rings (SSSR count). The summed E-state index contributed by atoms with van der Waals surface area (Å²) in [5.41, 5.74) is 2.14. The van der Waals surface area contributed by atoms with Crippen LogP contribution < -0.4 is 9.64 Å². The van der Waals surface area contributed by atoms with Crippen molar-refractivity contribution >= 4 is 46.4 Å². The molecule has 2 amide bonds. The van der Waals surface area contributed by atoms with Gasteiger partial charge >= 0.3 is 0 Å². The Kier molecular flexibility index (Phi) is 6.18. The highest BCUT2D eigenvalue weighted by molar-refractivity contribution is 6.32. The topological polar surface area (TPSA) is 144 Å². The number of carbonyl (C=O) groups is 4. The molecule has 4 aliphatic rings. The number of anilines is 1. The van der Waals surface area contributed by atoms with Gasteiger partial charge in [0.2, 0.25) is 11.8 Å². The van der Waals surface area contributed by atoms with Gasteiger partial charge in [-0.15, -0.1) is 0 Å². The second-order valence-corrected chi connectivity index (χ2v) is 11.0. The summed E-state index contributed by atoms with van der Waals surface area (Å²) in [5.74, 6) is -4.52. The molecule has 0 unspecified atom stereocenters. The maximum absolute atomic E-state index is 13.9. The maximum Gasteiger partial charge on any atom is 0.269 e. The zero-order valence-electron chi connectivity index (χ0n) is 21.9. The molecule has 41 heavy (non-hydrogen) atoms. The summed E-state index contributed by atoms with van der Waals surface area (Å²) in [6.07, 6.45) is 3.50. The Morgan fingerprint density at radius 3 is 2.44 bits per heavy atom. The number of fused-ring (bicyclic) bond motifs is 3. The molecule has 10 nitrogen and oxygen atoms in total. The van der Waals surface area contributed by atoms with Crippen molar-refractivity contribution in [2.75, 3.05) is 12.0 Å². The predicted molar refractivity (Wildman–Crippen MR) is 147 cm³/mol. The van der Waals surface area contributed by atoms with Crippen LogP contribution in [0, 0.1) is 27.9 Å². The van der Waals surface area contributed by atoms with Gasteiger partial charge in [0.05, 0.1) is 34.6 Å². The smallest absolute Gasteiger partial charge is 0.269 e. The summed E-state index contributed by atoms with van der Waals surface area (Å²) in [7, 11) is 1.37. The van der Waals surface area contributed by atoms with Gasteiger partial charge in [-0.25, -0.2) is 0 Å². The number of ketones is 2. The lowest BCUT2D eigenvalue weighted by Gasteiger charge is -2.42. The molecule has 2 aromatic rings. The van der Waals surface area contributed by atoms with E-state index < -0.39 is 40.4 Å². The summed E-state index contributed by atoms with van der Waals surface area (Å²) in [4.78, 5) is 65.9. The number of ether oxygens (including phenoxy) is 1. The zero-order valence-corrected chi connectivity index (χ0v) is 22.7. The fraction of sp³-hybridized carbons (Fsp3) is 0.267. The van der Waals surface area contributed by atoms with Gasteiger partial charge in [-0.05, 0) is 61.6 Å². The van der Waals surface area contributed by atoms with Crippen LogP contribution in [0.2, 0.25) is 5.02 Å². The first-order valence-corrected chi connectivity index (χ1v) is 13.3. The average molecular weight is 575 g/mol. The Labute approximate surface area is 238 Å². The minimum atomic E-state index is -0.808. The van der Waals surface area contributed by atoms with Crippen molar-refractivity contribution in [3.63, 3.8) is 0 Å². The van der Waals surface area contributed by atoms with Crippen molar-refractivity contribution in [3.8, 4) is 11.5 Å². The number of hydrogen-bond donors (Lipinski definition) is 1. The third-order valence-corrected chi connectivity index (χ3v) is 8.77. The second kappa shape index (κ2) is 9.52. The van der Waals surface area contributed by atoms with Gasteiger partial charge in [0.1, 0.15) is 0 Å². The standard InChI is InChI=1S/C30H23ClN2O8/c1-13-9-22(34)26-20(27(13)35)12-19-17(24(26)14-10-21(31)28(36)23(11-14)41-2)7-8-18-25(19)30(38)32(29(18)37)15-3-5-16(6-4-15)33(39)40/h3-7,9-11,18-19,24-25,36H,8,12H2,1-2H3/t18-,19+,24-,25-/m0/s1. The number of halogens is 1. The minimum absolute atomic E-state index is 0.00400. The quantitative estimate of drug-likeness (QED) is 0.183. The summed E-state index contributed by atoms with van der Waals surface area (Å²) < 4.78 is 5.30. The molecule has 4 atom stereocenters. The van der Waals surface area contributed by atoms with E-state index in [1.807, 2.05) is 6.08 Å². The van der Waals surface area contributed by atoms with Crippen molar-refractivity contribution < 1.29 is 33.9 Å². The number of aromatic hydroxyl groups is 1. The monoisotopic (exact) mass is 574 g/mol. The lowest BCUT2D eigenvalue weighted by Crippen LogP contribution is -2.39. The van der Waals surface area contributed by atoms with Crippen molar-refractivity contribution in [1.82, 2.24) is 0 Å². The van der Waals surface area contributed by atoms with Gasteiger partial charge in [0, 0.05) is 34.8 Å². The van der Waals surface area contributed by atoms with Crippen molar-refractivity contribution in [2.45, 2.75) is 25.7 Å². The number of non-ortho nitro benzene ring substituents is 1. The van der Waals surface area contributed by atoms with Crippen LogP contribution in [-0.4, -0.2) is 40.5 Å². The molecule has 2 aromatic carbocycles. The molecule has 11 heteroatoms. The van der Waals surface area contributed by atoms with Gasteiger partial charge in [-0.2, -0.15) is 0 Å². The molecule has 1 aliphatic heterocycles. The minimum Gasteiger partial charge on any atom is -0.503 e. The number of hydrogen-bond acceptors (Lipinski definition) is 8. The van der Waals surface area contributed by atoms with E-state index in [2.05, 4.69) is 0 Å². The first kappa shape index (κ1) is 26.6. The Morgan fingerprint density at radius 1 is 1.07 bits per heavy atom. The SMILES string of the molecule is COc1cc([C@H]2C3=CC[C@@H]4C(=O)N(c5ccc([N+](=O)[O-])cc5)C(=O)[C@@H]4[C@@H]3CC3=C2C(=O)C=C(C)C3=O)cc(Cl)c1O. The lowest BCUT2D eigenvalue weighted by atomic mass is 9.59. The number of allylic oxidation sites excluding steroid dienone is 6. The molecular formula is C30H23ClN2O8. The zero-order chi connectivity index (χ0) is 29.3. The Balaban J connectivity index is 1.48. The predicted octanol–water partition coefficient (Wildman–Crippen LogP) is 4.60. The Morgan fingerprint density at radius 2 is 1.78 bits per heavy atom. The fourth-order valence-electron chi connectivity index (χ4n) is 6.66. The summed E-state index contributed by atoms with van der Waals surface area (Å²) in [5, 5.41) is 21.4. The number of nitro groups is 1. The number of carbonyl (C=O) groups excluding carboxylic acids is 4. The van der Waals surface area contributed by atoms with Crippen LogP contribution in [-0.2, 0) is 19.2 Å². The summed E-state index contributed by atoms with van der Waals surface area (Å²) in [6.45, 7) is 1.56. The average Bonchev–Trinajstić information content (AvgIpc) is 3.21. The summed E-state index contributed by atoms with van der Waals surface area (Å²) >= 11 is 6.33. The molecule has 1 N–H and O–H groups in total. The van der Waals surface area contributed by atoms with Crippen LogP contribution in [0.1, 0.15) is 31.2 Å². The molecule has 1 saturated heterocycles. The van der Waals surface area contributed by atoms with Gasteiger partial charge in [-0.3, -0.25) is 34.2 Å². The largest absolute Gasteiger partial charge is 0.503 e. The van der Waals surface area contributed by atoms with E-state index >= 15 is 0 Å². The van der Waals surface area contributed by atoms with Gasteiger partial charge in [0.15, 0.2) is 23.1 Å². The maximum atomic E-state index is 13.9. The van der Waals surface area contributed by atoms with Crippen molar-refractivity contribution in [3.05, 3.63) is 91.5 Å². The van der Waals surface area contributed by atoms with Crippen LogP contribution in [0.15, 0.2) is 70.8 Å². The van der Waals surface area contributed by atoms with Gasteiger partial charge < -0.3 is 9.84 Å². The Bertz CT molecular complexity index is 1690. The van der Waals surface area contributed by atoms with E-state index in [1.165, 1.54) is 43.5 Å². The van der Waals surface area contributed by atoms with Crippen LogP contribution in [0.25, 0.3) is 0 Å². The first-order chi connectivity index (χ1) is 19.5. The lowest BCUT2D eigenvalue weighted by molar-refractivity contribution is -0.384. The highest BCUT2D eigenvalue weighted by Gasteiger charge is 2.56. The molecule has 0 spiro atoms. The number of Topliss-reactive ketones (excluding diaryl/α,β-unsaturated/α-hetero) is 1. The normalized spacial score (nSPS) is 25.4. The summed E-state index contributed by atoms with van der Waals surface area (Å²) in [6, 6.07) is 8.27. The van der Waals surface area contributed by atoms with E-state index in [4.69, 9.17) is 16.3 Å². The molecule has 0 saturated carbocycles. The molecule has 3 aliphatic carbocycles. The molecule has 1 fully saturated rings. The number of nitrogens with zero attached hydrogens (tertiary/aromatic N) is 2. The highest BCUT2D eigenvalue weighted by Crippen LogP contribution is 2.56. The van der Waals surface area contributed by atoms with Crippen LogP contribution in [0.3, 0.4) is 0 Å². The number of phenols is 1. The number of phenolic OH excluding ortho intramolecular Hbond substituents is 1. The van der Waals surface area contributed by atoms with Crippen LogP contribution in [0.4, 0.5) is 11.4 Å². The van der Waals surface area contributed by atoms with Gasteiger partial charge in [0.25, 0.3) is 5.69 Å².